The molecular formula is C65H87N9O15. The lowest BCUT2D eigenvalue weighted by Gasteiger charge is -2.34. The van der Waals surface area contributed by atoms with Gasteiger partial charge in [0, 0.05) is 57.0 Å². The van der Waals surface area contributed by atoms with Crippen molar-refractivity contribution in [1.29, 1.82) is 0 Å². The first kappa shape index (κ1) is 68.7. The van der Waals surface area contributed by atoms with Crippen LogP contribution in [0.15, 0.2) is 110 Å². The Morgan fingerprint density at radius 1 is 0.708 bits per heavy atom. The number of hydrogen-bond donors (Lipinski definition) is 13. The van der Waals surface area contributed by atoms with Crippen molar-refractivity contribution in [3.8, 4) is 33.8 Å². The molecule has 24 nitrogen and oxygen atoms in total. The average Bonchev–Trinajstić information content (AvgIpc) is 1.84. The van der Waals surface area contributed by atoms with E-state index in [4.69, 9.17) is 15.2 Å². The maximum Gasteiger partial charge on any atom is 0.251 e. The van der Waals surface area contributed by atoms with Crippen LogP contribution in [0.1, 0.15) is 88.7 Å². The Balaban J connectivity index is 1.24. The number of rotatable bonds is 21. The number of fused-ring (bicyclic) bond motifs is 2. The first-order valence-electron chi connectivity index (χ1n) is 30.5. The molecule has 89 heavy (non-hydrogen) atoms. The Labute approximate surface area is 518 Å². The zero-order valence-electron chi connectivity index (χ0n) is 51.0. The monoisotopic (exact) mass is 1230 g/mol. The Kier molecular flexibility index (Phi) is 24.8. The van der Waals surface area contributed by atoms with Crippen molar-refractivity contribution in [1.82, 2.24) is 41.7 Å². The van der Waals surface area contributed by atoms with E-state index >= 15 is 0 Å². The second kappa shape index (κ2) is 32.1. The molecule has 0 aromatic heterocycles. The van der Waals surface area contributed by atoms with Crippen LogP contribution in [0.3, 0.4) is 0 Å². The minimum Gasteiger partial charge on any atom is -0.508 e. The van der Waals surface area contributed by atoms with Crippen LogP contribution in [-0.2, 0) is 33.5 Å². The van der Waals surface area contributed by atoms with Crippen molar-refractivity contribution >= 4 is 41.4 Å². The lowest BCUT2D eigenvalue weighted by atomic mass is 9.91. The first-order valence-corrected chi connectivity index (χ1v) is 30.5. The normalized spacial score (nSPS) is 26.0. The fourth-order valence-corrected chi connectivity index (χ4v) is 11.4. The molecule has 3 fully saturated rings. The van der Waals surface area contributed by atoms with Crippen LogP contribution in [0.4, 0.5) is 0 Å². The number of aliphatic hydroxyl groups is 5. The van der Waals surface area contributed by atoms with Gasteiger partial charge in [-0.25, -0.2) is 0 Å². The van der Waals surface area contributed by atoms with Gasteiger partial charge in [0.1, 0.15) is 66.1 Å². The number of phenolic OH excluding ortho intramolecular Hbond substituents is 1. The molecule has 7 unspecified atom stereocenters. The summed E-state index contributed by atoms with van der Waals surface area (Å²) >= 11 is 0. The predicted molar refractivity (Wildman–Crippen MR) is 330 cm³/mol. The van der Waals surface area contributed by atoms with Gasteiger partial charge in [0.2, 0.25) is 35.4 Å². The van der Waals surface area contributed by atoms with Gasteiger partial charge in [-0.2, -0.15) is 0 Å². The number of carbonyl (C=O) groups is 7. The van der Waals surface area contributed by atoms with Gasteiger partial charge in [-0.05, 0) is 89.4 Å². The molecule has 4 aromatic carbocycles. The zero-order valence-corrected chi connectivity index (χ0v) is 51.0. The highest BCUT2D eigenvalue weighted by atomic mass is 16.5. The van der Waals surface area contributed by atoms with Crippen LogP contribution in [0, 0.1) is 17.8 Å². The fraction of sp³-hybridized carbons (Fsp3) is 0.492. The van der Waals surface area contributed by atoms with Gasteiger partial charge in [0.05, 0.1) is 25.4 Å². The fourth-order valence-electron chi connectivity index (χ4n) is 11.4. The van der Waals surface area contributed by atoms with Gasteiger partial charge in [0.15, 0.2) is 6.23 Å². The molecule has 4 aromatic rings. The lowest BCUT2D eigenvalue weighted by Crippen LogP contribution is -2.64. The lowest BCUT2D eigenvalue weighted by molar-refractivity contribution is -0.148. The Bertz CT molecular complexity index is 3040. The first-order chi connectivity index (χ1) is 42.5. The van der Waals surface area contributed by atoms with E-state index < -0.39 is 151 Å². The molecule has 7 amide bonds. The molecule has 482 valence electrons. The number of nitrogens with two attached hydrogens (primary N) is 1. The summed E-state index contributed by atoms with van der Waals surface area (Å²) in [6.45, 7) is 12.9. The van der Waals surface area contributed by atoms with Crippen LogP contribution in [0.5, 0.6) is 11.5 Å². The number of nitrogens with one attached hydrogen (secondary N) is 6. The number of aromatic hydroxyl groups is 1. The molecule has 3 aliphatic heterocycles. The number of benzene rings is 4. The molecule has 24 heteroatoms. The molecule has 0 radical (unpaired) electrons. The van der Waals surface area contributed by atoms with Gasteiger partial charge in [-0.1, -0.05) is 107 Å². The smallest absolute Gasteiger partial charge is 0.251 e. The third kappa shape index (κ3) is 17.5. The third-order valence-electron chi connectivity index (χ3n) is 16.5. The van der Waals surface area contributed by atoms with E-state index in [-0.39, 0.29) is 43.1 Å². The van der Waals surface area contributed by atoms with E-state index in [1.165, 1.54) is 37.3 Å². The molecule has 0 bridgehead atoms. The Hall–Kier alpha value is -7.81. The van der Waals surface area contributed by atoms with Crippen LogP contribution < -0.4 is 42.4 Å². The molecule has 14 N–H and O–H groups in total. The largest absolute Gasteiger partial charge is 0.508 e. The van der Waals surface area contributed by atoms with Crippen LogP contribution >= 0.6 is 0 Å². The minimum atomic E-state index is -2.23. The summed E-state index contributed by atoms with van der Waals surface area (Å²) in [6.07, 6.45) is -7.12. The SMILES string of the molecule is C=C[C@@H]1C2C(=O)NC(OCCNCCN)[C@H](O)CC(NC(=O)c3ccc(-c4ccc(-c5ccc(OCCCCC)cc5)cc4)cc3)C(=O)NC(C(C)C)C(=O)N3C[C@H](O)CC3C(=O)NC([C@H](O)[C@@H](O)c3ccc(O)cc3)C(=O)NC([C@@H](C)O)C(=O)N2C[C@@H]1C. The van der Waals surface area contributed by atoms with Gasteiger partial charge >= 0.3 is 0 Å². The quantitative estimate of drug-likeness (QED) is 0.0414. The van der Waals surface area contributed by atoms with Crippen molar-refractivity contribution in [3.63, 3.8) is 0 Å². The van der Waals surface area contributed by atoms with Crippen LogP contribution in [0.2, 0.25) is 0 Å². The van der Waals surface area contributed by atoms with Crippen LogP contribution in [0.25, 0.3) is 22.3 Å². The summed E-state index contributed by atoms with van der Waals surface area (Å²) in [5, 5.41) is 83.9. The van der Waals surface area contributed by atoms with Gasteiger partial charge < -0.3 is 87.5 Å². The van der Waals surface area contributed by atoms with Crippen LogP contribution in [-0.4, -0.2) is 195 Å². The second-order valence-electron chi connectivity index (χ2n) is 23.5. The van der Waals surface area contributed by atoms with Gasteiger partial charge in [-0.15, -0.1) is 6.58 Å². The van der Waals surface area contributed by atoms with E-state index in [0.29, 0.717) is 13.2 Å². The molecule has 0 aliphatic carbocycles. The topological polar surface area (TPSA) is 364 Å². The number of phenols is 1. The second-order valence-corrected chi connectivity index (χ2v) is 23.5. The summed E-state index contributed by atoms with van der Waals surface area (Å²) in [4.78, 5) is 105. The number of amides is 7. The highest BCUT2D eigenvalue weighted by Crippen LogP contribution is 2.33. The summed E-state index contributed by atoms with van der Waals surface area (Å²) < 4.78 is 12.0. The van der Waals surface area contributed by atoms with Crippen molar-refractivity contribution in [2.75, 3.05) is 45.9 Å². The number of hydrogen-bond acceptors (Lipinski definition) is 17. The summed E-state index contributed by atoms with van der Waals surface area (Å²) in [5.74, 6) is -8.37. The summed E-state index contributed by atoms with van der Waals surface area (Å²) in [6, 6.07) is 17.0. The Morgan fingerprint density at radius 3 is 1.88 bits per heavy atom. The van der Waals surface area contributed by atoms with E-state index in [0.717, 1.165) is 57.1 Å². The Morgan fingerprint density at radius 2 is 1.29 bits per heavy atom. The van der Waals surface area contributed by atoms with Gasteiger partial charge in [-0.3, -0.25) is 33.6 Å². The average molecular weight is 1230 g/mol. The number of carbonyl (C=O) groups excluding carboxylic acids is 7. The van der Waals surface area contributed by atoms with Crippen molar-refractivity contribution in [2.24, 2.45) is 23.5 Å². The number of ether oxygens (including phenoxy) is 2. The van der Waals surface area contributed by atoms with E-state index in [1.54, 1.807) is 45.0 Å². The van der Waals surface area contributed by atoms with E-state index in [2.05, 4.69) is 45.4 Å². The molecule has 3 heterocycles. The standard InChI is InChI=1S/C65H87N9O15/c1-7-9-10-30-88-47-25-21-42(22-26-47)40-13-11-39(12-14-40)41-15-17-44(18-16-41)58(81)68-49-33-51(78)63(89-31-29-67-28-27-66)72-62(85)55-48(8-2)37(5)34-74(55)65(87)53(38(6)75)70-61(84)54(57(80)56(79)43-19-23-45(76)24-20-43)71-60(83)50-32-46(77)35-73(50)64(86)52(36(3)4)69-59(49)82/h8,11-26,36-38,46,48-57,63,67,75-80H,2,7,9-10,27-35,66H2,1,3-6H3,(H,68,81)(H,69,82)(H,70,84)(H,71,83)(H,72,85)/t37-,38+,46+,48-,49?,50?,51+,52?,53?,54?,55?,56-,57-,63?/m0/s1. The van der Waals surface area contributed by atoms with E-state index in [1.807, 2.05) is 48.5 Å². The van der Waals surface area contributed by atoms with Crippen molar-refractivity contribution < 1.29 is 73.7 Å². The molecular weight excluding hydrogens is 1150 g/mol. The molecule has 3 aliphatic rings. The van der Waals surface area contributed by atoms with Crippen molar-refractivity contribution in [2.45, 2.75) is 140 Å². The maximum atomic E-state index is 14.9. The molecule has 0 spiro atoms. The van der Waals surface area contributed by atoms with E-state index in [9.17, 15) is 64.2 Å². The molecule has 14 atom stereocenters. The predicted octanol–water partition coefficient (Wildman–Crippen LogP) is 1.36. The highest BCUT2D eigenvalue weighted by molar-refractivity contribution is 6.00. The number of nitrogens with zero attached hydrogens (tertiary/aromatic N) is 2. The maximum absolute atomic E-state index is 14.9. The summed E-state index contributed by atoms with van der Waals surface area (Å²) in [5.41, 5.74) is 9.37. The molecule has 7 rings (SSSR count). The number of aliphatic hydroxyl groups excluding tert-OH is 5. The molecule has 3 saturated heterocycles. The zero-order chi connectivity index (χ0) is 64.6. The third-order valence-corrected chi connectivity index (χ3v) is 16.5. The molecule has 0 saturated carbocycles. The van der Waals surface area contributed by atoms with Crippen molar-refractivity contribution in [3.05, 3.63) is 121 Å². The number of unbranched alkanes of at least 4 members (excludes halogenated alkanes) is 2. The highest BCUT2D eigenvalue weighted by Gasteiger charge is 2.50. The van der Waals surface area contributed by atoms with Gasteiger partial charge in [0.25, 0.3) is 5.91 Å². The summed E-state index contributed by atoms with van der Waals surface area (Å²) in [7, 11) is 0. The minimum absolute atomic E-state index is 0.0205.